The third-order valence-corrected chi connectivity index (χ3v) is 5.50. The van der Waals surface area contributed by atoms with E-state index in [0.29, 0.717) is 0 Å². The molecule has 96 valence electrons. The number of halogens is 1. The second-order valence-corrected chi connectivity index (χ2v) is 6.94. The zero-order chi connectivity index (χ0) is 13.3. The first kappa shape index (κ1) is 13.7. The highest BCUT2D eigenvalue weighted by Gasteiger charge is 2.14. The summed E-state index contributed by atoms with van der Waals surface area (Å²) >= 11 is 6.62. The van der Waals surface area contributed by atoms with E-state index < -0.39 is 0 Å². The topological polar surface area (TPSA) is 33.2 Å². The number of Topliss-reactive ketones (excluding diaryl/α,β-unsaturated/α-hetero) is 1. The molecule has 6 heteroatoms. The Bertz CT molecular complexity index is 576. The number of carbonyl (C=O) groups excluding carboxylic acids is 1. The van der Waals surface area contributed by atoms with Gasteiger partial charge in [-0.3, -0.25) is 4.79 Å². The van der Waals surface area contributed by atoms with Gasteiger partial charge in [0, 0.05) is 28.7 Å². The fourth-order valence-corrected chi connectivity index (χ4v) is 4.04. The molecular weight excluding hydrogens is 332 g/mol. The maximum absolute atomic E-state index is 11.4. The van der Waals surface area contributed by atoms with Gasteiger partial charge in [0.25, 0.3) is 0 Å². The highest BCUT2D eigenvalue weighted by atomic mass is 79.9. The van der Waals surface area contributed by atoms with E-state index in [9.17, 15) is 4.79 Å². The zero-order valence-electron chi connectivity index (χ0n) is 10.4. The largest absolute Gasteiger partial charge is 0.346 e. The van der Waals surface area contributed by atoms with Crippen molar-refractivity contribution in [1.29, 1.82) is 0 Å². The molecular formula is C12H13BrN2OS2. The molecule has 2 heterocycles. The average Bonchev–Trinajstić information content (AvgIpc) is 2.85. The second-order valence-electron chi connectivity index (χ2n) is 4.05. The van der Waals surface area contributed by atoms with Crippen LogP contribution in [0.4, 0.5) is 5.13 Å². The van der Waals surface area contributed by atoms with Crippen LogP contribution in [0.25, 0.3) is 0 Å². The number of thiophene rings is 1. The Morgan fingerprint density at radius 2 is 2.28 bits per heavy atom. The van der Waals surface area contributed by atoms with Crippen LogP contribution in [0.1, 0.15) is 27.2 Å². The number of ketones is 1. The number of carbonyl (C=O) groups is 1. The fraction of sp³-hybridized carbons (Fsp3) is 0.333. The molecule has 0 radical (unpaired) electrons. The van der Waals surface area contributed by atoms with Gasteiger partial charge < -0.3 is 4.90 Å². The monoisotopic (exact) mass is 344 g/mol. The van der Waals surface area contributed by atoms with Crippen molar-refractivity contribution < 1.29 is 4.79 Å². The number of aromatic nitrogens is 1. The van der Waals surface area contributed by atoms with Crippen LogP contribution in [-0.4, -0.2) is 17.8 Å². The normalized spacial score (nSPS) is 10.7. The Kier molecular flexibility index (Phi) is 4.19. The summed E-state index contributed by atoms with van der Waals surface area (Å²) in [6.07, 6.45) is 0. The summed E-state index contributed by atoms with van der Waals surface area (Å²) < 4.78 is 1.11. The number of anilines is 1. The number of aryl methyl sites for hydroxylation is 1. The maximum Gasteiger partial charge on any atom is 0.186 e. The Balaban J connectivity index is 2.16. The lowest BCUT2D eigenvalue weighted by molar-refractivity contribution is 0.102. The van der Waals surface area contributed by atoms with Gasteiger partial charge in [-0.05, 0) is 28.9 Å². The molecule has 0 spiro atoms. The van der Waals surface area contributed by atoms with Crippen molar-refractivity contribution in [2.75, 3.05) is 11.9 Å². The van der Waals surface area contributed by atoms with Crippen LogP contribution >= 0.6 is 38.6 Å². The molecule has 18 heavy (non-hydrogen) atoms. The molecule has 0 aliphatic rings. The third-order valence-electron chi connectivity index (χ3n) is 2.45. The van der Waals surface area contributed by atoms with E-state index in [1.807, 2.05) is 14.0 Å². The first-order valence-corrected chi connectivity index (χ1v) is 7.88. The number of hydrogen-bond acceptors (Lipinski definition) is 5. The molecule has 0 saturated carbocycles. The molecule has 0 bridgehead atoms. The fourth-order valence-electron chi connectivity index (χ4n) is 1.61. The Hall–Kier alpha value is -0.720. The Labute approximate surface area is 123 Å². The van der Waals surface area contributed by atoms with Crippen molar-refractivity contribution in [3.05, 3.63) is 31.4 Å². The third kappa shape index (κ3) is 2.99. The lowest BCUT2D eigenvalue weighted by Crippen LogP contribution is -2.15. The zero-order valence-corrected chi connectivity index (χ0v) is 13.6. The minimum Gasteiger partial charge on any atom is -0.346 e. The van der Waals surface area contributed by atoms with Gasteiger partial charge in [-0.1, -0.05) is 11.3 Å². The first-order chi connectivity index (χ1) is 8.47. The van der Waals surface area contributed by atoms with Crippen LogP contribution in [0.3, 0.4) is 0 Å². The molecule has 0 amide bonds. The quantitative estimate of drug-likeness (QED) is 0.782. The molecule has 2 rings (SSSR count). The molecule has 0 aliphatic heterocycles. The van der Waals surface area contributed by atoms with Crippen LogP contribution in [-0.2, 0) is 6.54 Å². The van der Waals surface area contributed by atoms with E-state index in [1.54, 1.807) is 18.3 Å². The molecule has 3 nitrogen and oxygen atoms in total. The van der Waals surface area contributed by atoms with Crippen molar-refractivity contribution in [2.45, 2.75) is 20.4 Å². The Morgan fingerprint density at radius 3 is 2.78 bits per heavy atom. The van der Waals surface area contributed by atoms with Crippen LogP contribution in [0.2, 0.25) is 0 Å². The minimum atomic E-state index is 0.0866. The molecule has 2 aromatic rings. The molecule has 0 saturated heterocycles. The predicted molar refractivity (Wildman–Crippen MR) is 81.0 cm³/mol. The molecule has 0 N–H and O–H groups in total. The van der Waals surface area contributed by atoms with Crippen molar-refractivity contribution in [1.82, 2.24) is 4.98 Å². The van der Waals surface area contributed by atoms with E-state index in [0.717, 1.165) is 26.7 Å². The number of rotatable bonds is 4. The second kappa shape index (κ2) is 5.50. The maximum atomic E-state index is 11.4. The van der Waals surface area contributed by atoms with Crippen LogP contribution < -0.4 is 4.90 Å². The molecule has 0 unspecified atom stereocenters. The number of hydrogen-bond donors (Lipinski definition) is 0. The molecule has 2 aromatic heterocycles. The summed E-state index contributed by atoms with van der Waals surface area (Å²) in [6, 6.07) is 2.10. The van der Waals surface area contributed by atoms with Crippen molar-refractivity contribution in [3.8, 4) is 0 Å². The van der Waals surface area contributed by atoms with Gasteiger partial charge in [-0.15, -0.1) is 11.3 Å². The van der Waals surface area contributed by atoms with Crippen molar-refractivity contribution in [2.24, 2.45) is 0 Å². The number of thiazole rings is 1. The van der Waals surface area contributed by atoms with Crippen LogP contribution in [0.15, 0.2) is 15.9 Å². The standard InChI is InChI=1S/C12H13BrN2OS2/c1-7-11(8(2)16)18-12(14-7)15(3)5-10-4-9(13)6-17-10/h4,6H,5H2,1-3H3. The summed E-state index contributed by atoms with van der Waals surface area (Å²) in [6.45, 7) is 4.27. The van der Waals surface area contributed by atoms with E-state index in [1.165, 1.54) is 16.2 Å². The SMILES string of the molecule is CC(=O)c1sc(N(C)Cc2cc(Br)cs2)nc1C. The first-order valence-electron chi connectivity index (χ1n) is 5.40. The summed E-state index contributed by atoms with van der Waals surface area (Å²) in [4.78, 5) is 20.0. The van der Waals surface area contributed by atoms with Gasteiger partial charge in [0.15, 0.2) is 10.9 Å². The van der Waals surface area contributed by atoms with Gasteiger partial charge in [0.2, 0.25) is 0 Å². The summed E-state index contributed by atoms with van der Waals surface area (Å²) in [5.41, 5.74) is 0.821. The highest BCUT2D eigenvalue weighted by Crippen LogP contribution is 2.28. The summed E-state index contributed by atoms with van der Waals surface area (Å²) in [5, 5.41) is 2.96. The van der Waals surface area contributed by atoms with E-state index in [-0.39, 0.29) is 5.78 Å². The molecule has 0 aliphatic carbocycles. The van der Waals surface area contributed by atoms with Crippen molar-refractivity contribution >= 4 is 49.5 Å². The van der Waals surface area contributed by atoms with Gasteiger partial charge in [0.05, 0.1) is 17.1 Å². The van der Waals surface area contributed by atoms with Crippen LogP contribution in [0, 0.1) is 6.92 Å². The smallest absolute Gasteiger partial charge is 0.186 e. The predicted octanol–water partition coefficient (Wildman–Crippen LogP) is 4.11. The molecule has 0 fully saturated rings. The summed E-state index contributed by atoms with van der Waals surface area (Å²) in [7, 11) is 2.00. The van der Waals surface area contributed by atoms with Gasteiger partial charge in [-0.25, -0.2) is 4.98 Å². The van der Waals surface area contributed by atoms with Gasteiger partial charge in [0.1, 0.15) is 0 Å². The van der Waals surface area contributed by atoms with Gasteiger partial charge >= 0.3 is 0 Å². The lowest BCUT2D eigenvalue weighted by Gasteiger charge is -2.13. The van der Waals surface area contributed by atoms with Crippen molar-refractivity contribution in [3.63, 3.8) is 0 Å². The van der Waals surface area contributed by atoms with E-state index >= 15 is 0 Å². The molecule has 0 aromatic carbocycles. The average molecular weight is 345 g/mol. The number of nitrogens with zero attached hydrogens (tertiary/aromatic N) is 2. The Morgan fingerprint density at radius 1 is 1.56 bits per heavy atom. The highest BCUT2D eigenvalue weighted by molar-refractivity contribution is 9.10. The van der Waals surface area contributed by atoms with E-state index in [2.05, 4.69) is 37.3 Å². The van der Waals surface area contributed by atoms with Crippen LogP contribution in [0.5, 0.6) is 0 Å². The summed E-state index contributed by atoms with van der Waals surface area (Å²) in [5.74, 6) is 0.0866. The lowest BCUT2D eigenvalue weighted by atomic mass is 10.3. The molecule has 0 atom stereocenters. The van der Waals surface area contributed by atoms with E-state index in [4.69, 9.17) is 0 Å². The van der Waals surface area contributed by atoms with Gasteiger partial charge in [-0.2, -0.15) is 0 Å². The minimum absolute atomic E-state index is 0.0866.